The largest absolute Gasteiger partial charge is 0.508 e. The number of rotatable bonds is 14. The summed E-state index contributed by atoms with van der Waals surface area (Å²) in [6.07, 6.45) is -0.333. The van der Waals surface area contributed by atoms with Crippen molar-refractivity contribution in [1.29, 1.82) is 0 Å². The van der Waals surface area contributed by atoms with Crippen molar-refractivity contribution in [2.45, 2.75) is 84.3 Å². The van der Waals surface area contributed by atoms with Crippen molar-refractivity contribution in [2.24, 2.45) is 17.8 Å². The number of phenols is 1. The molecule has 3 aromatic carbocycles. The van der Waals surface area contributed by atoms with E-state index in [-0.39, 0.29) is 55.8 Å². The molecule has 3 atom stereocenters. The van der Waals surface area contributed by atoms with Crippen LogP contribution in [0.25, 0.3) is 0 Å². The van der Waals surface area contributed by atoms with Crippen molar-refractivity contribution in [1.82, 2.24) is 4.90 Å². The molecule has 1 fully saturated rings. The zero-order chi connectivity index (χ0) is 37.6. The minimum Gasteiger partial charge on any atom is -0.508 e. The highest BCUT2D eigenvalue weighted by Gasteiger charge is 2.70. The number of hydrogen-bond donors (Lipinski definition) is 1. The first kappa shape index (κ1) is 39.3. The van der Waals surface area contributed by atoms with Crippen molar-refractivity contribution in [3.63, 3.8) is 0 Å². The van der Waals surface area contributed by atoms with Crippen LogP contribution in [0.3, 0.4) is 0 Å². The van der Waals surface area contributed by atoms with E-state index in [0.717, 1.165) is 16.7 Å². The smallest absolute Gasteiger partial charge is 0.410 e. The maximum atomic E-state index is 14.5. The van der Waals surface area contributed by atoms with Gasteiger partial charge in [-0.1, -0.05) is 90.1 Å². The molecule has 2 amide bonds. The van der Waals surface area contributed by atoms with Gasteiger partial charge in [-0.05, 0) is 65.1 Å². The summed E-state index contributed by atoms with van der Waals surface area (Å²) in [5, 5.41) is 10.3. The average molecular weight is 730 g/mol. The number of aromatic hydroxyl groups is 1. The molecule has 0 aromatic heterocycles. The van der Waals surface area contributed by atoms with Gasteiger partial charge in [-0.3, -0.25) is 9.69 Å². The number of piperidine rings is 1. The third-order valence-electron chi connectivity index (χ3n) is 10.9. The van der Waals surface area contributed by atoms with Gasteiger partial charge in [0.15, 0.2) is 6.61 Å². The SMILES string of the molecule is COCCCN1C(=O)COc2ccc(CO[C@]3(C(C)C)[C@H](c4ccc(O)cc4)[C@H](O[Si])CN(C(=O)OCc4ccccc4)C3(C(C)C)C(C)C)cc21. The van der Waals surface area contributed by atoms with Gasteiger partial charge in [0.25, 0.3) is 5.91 Å². The Morgan fingerprint density at radius 3 is 2.25 bits per heavy atom. The lowest BCUT2D eigenvalue weighted by molar-refractivity contribution is -0.257. The summed E-state index contributed by atoms with van der Waals surface area (Å²) < 4.78 is 30.8. The van der Waals surface area contributed by atoms with Crippen LogP contribution < -0.4 is 9.64 Å². The van der Waals surface area contributed by atoms with E-state index in [0.29, 0.717) is 31.0 Å². The summed E-state index contributed by atoms with van der Waals surface area (Å²) in [6, 6.07) is 22.6. The molecule has 0 aliphatic carbocycles. The maximum absolute atomic E-state index is 14.5. The average Bonchev–Trinajstić information content (AvgIpc) is 3.13. The number of carbonyl (C=O) groups is 2. The molecular formula is C41H53N2O8Si. The highest BCUT2D eigenvalue weighted by molar-refractivity contribution is 5.98. The van der Waals surface area contributed by atoms with Crippen LogP contribution in [0.2, 0.25) is 0 Å². The number of carbonyl (C=O) groups excluding carboxylic acids is 2. The summed E-state index contributed by atoms with van der Waals surface area (Å²) in [5.41, 5.74) is 1.34. The lowest BCUT2D eigenvalue weighted by Gasteiger charge is -2.68. The molecule has 0 unspecified atom stereocenters. The molecule has 0 spiro atoms. The Bertz CT molecular complexity index is 1640. The normalized spacial score (nSPS) is 21.4. The van der Waals surface area contributed by atoms with Gasteiger partial charge in [-0.25, -0.2) is 4.79 Å². The molecule has 1 N–H and O–H groups in total. The number of fused-ring (bicyclic) bond motifs is 1. The minimum absolute atomic E-state index is 0.0180. The first-order chi connectivity index (χ1) is 24.9. The van der Waals surface area contributed by atoms with Gasteiger partial charge >= 0.3 is 6.09 Å². The third-order valence-corrected chi connectivity index (χ3v) is 11.2. The van der Waals surface area contributed by atoms with Crippen LogP contribution in [-0.4, -0.2) is 83.1 Å². The van der Waals surface area contributed by atoms with Crippen LogP contribution in [0, 0.1) is 17.8 Å². The molecule has 5 rings (SSSR count). The number of benzene rings is 3. The summed E-state index contributed by atoms with van der Waals surface area (Å²) >= 11 is 0. The first-order valence-corrected chi connectivity index (χ1v) is 18.6. The van der Waals surface area contributed by atoms with Gasteiger partial charge in [0.05, 0.1) is 30.5 Å². The highest BCUT2D eigenvalue weighted by Crippen LogP contribution is 2.59. The van der Waals surface area contributed by atoms with Crippen LogP contribution >= 0.6 is 0 Å². The second-order valence-corrected chi connectivity index (χ2v) is 15.0. The molecule has 10 nitrogen and oxygen atoms in total. The second kappa shape index (κ2) is 16.8. The van der Waals surface area contributed by atoms with Gasteiger partial charge in [-0.2, -0.15) is 0 Å². The predicted molar refractivity (Wildman–Crippen MR) is 200 cm³/mol. The molecule has 3 radical (unpaired) electrons. The fourth-order valence-electron chi connectivity index (χ4n) is 8.98. The van der Waals surface area contributed by atoms with Crippen molar-refractivity contribution in [3.8, 4) is 11.5 Å². The second-order valence-electron chi connectivity index (χ2n) is 14.7. The summed E-state index contributed by atoms with van der Waals surface area (Å²) in [4.78, 5) is 31.2. The summed E-state index contributed by atoms with van der Waals surface area (Å²) in [6.45, 7) is 14.4. The Balaban J connectivity index is 1.65. The van der Waals surface area contributed by atoms with Gasteiger partial charge < -0.3 is 33.4 Å². The predicted octanol–water partition coefficient (Wildman–Crippen LogP) is 7.02. The fourth-order valence-corrected chi connectivity index (χ4v) is 9.19. The van der Waals surface area contributed by atoms with Gasteiger partial charge in [0.1, 0.15) is 23.7 Å². The number of hydrogen-bond acceptors (Lipinski definition) is 8. The van der Waals surface area contributed by atoms with E-state index in [2.05, 4.69) is 52.0 Å². The van der Waals surface area contributed by atoms with E-state index in [4.69, 9.17) is 23.4 Å². The van der Waals surface area contributed by atoms with Gasteiger partial charge in [-0.15, -0.1) is 0 Å². The standard InChI is InChI=1S/C41H53N2O8Si/c1-27(2)40(28(3)4)41(29(5)6,50-25-31-14-19-35-34(22-31)42(20-11-21-47-7)37(45)26-48-35)38(32-15-17-33(44)18-16-32)36(51-52)23-43(40)39(46)49-24-30-12-9-8-10-13-30/h8-10,12-19,22,27-29,36,38,44H,11,20-21,23-26H2,1-7H3/t36-,38-,41-/m1/s1. The molecule has 2 aliphatic heterocycles. The molecule has 3 aromatic rings. The van der Waals surface area contributed by atoms with E-state index in [1.165, 1.54) is 0 Å². The Morgan fingerprint density at radius 1 is 0.942 bits per heavy atom. The molecular weight excluding hydrogens is 677 g/mol. The quantitative estimate of drug-likeness (QED) is 0.139. The van der Waals surface area contributed by atoms with E-state index in [1.807, 2.05) is 65.6 Å². The van der Waals surface area contributed by atoms with E-state index in [1.54, 1.807) is 24.1 Å². The molecule has 52 heavy (non-hydrogen) atoms. The van der Waals surface area contributed by atoms with Crippen molar-refractivity contribution < 1.29 is 38.1 Å². The zero-order valence-corrected chi connectivity index (χ0v) is 32.5. The zero-order valence-electron chi connectivity index (χ0n) is 31.5. The number of anilines is 1. The van der Waals surface area contributed by atoms with E-state index < -0.39 is 29.3 Å². The third kappa shape index (κ3) is 7.33. The number of nitrogens with zero attached hydrogens (tertiary/aromatic N) is 2. The fraction of sp³-hybridized carbons (Fsp3) is 0.512. The van der Waals surface area contributed by atoms with E-state index >= 15 is 0 Å². The molecule has 0 saturated carbocycles. The Kier molecular flexibility index (Phi) is 12.7. The van der Waals surface area contributed by atoms with Crippen molar-refractivity contribution >= 4 is 28.2 Å². The lowest BCUT2D eigenvalue weighted by Crippen LogP contribution is -2.80. The lowest BCUT2D eigenvalue weighted by atomic mass is 9.52. The first-order valence-electron chi connectivity index (χ1n) is 18.2. The molecule has 11 heteroatoms. The number of methoxy groups -OCH3 is 1. The molecule has 279 valence electrons. The van der Waals surface area contributed by atoms with Crippen LogP contribution in [-0.2, 0) is 36.6 Å². The van der Waals surface area contributed by atoms with Crippen LogP contribution in [0.1, 0.15) is 70.6 Å². The van der Waals surface area contributed by atoms with E-state index in [9.17, 15) is 14.7 Å². The molecule has 2 aliphatic rings. The van der Waals surface area contributed by atoms with Crippen LogP contribution in [0.4, 0.5) is 10.5 Å². The Morgan fingerprint density at radius 2 is 1.63 bits per heavy atom. The number of likely N-dealkylation sites (tertiary alicyclic amines) is 1. The summed E-state index contributed by atoms with van der Waals surface area (Å²) in [5.74, 6) is -0.115. The van der Waals surface area contributed by atoms with Gasteiger partial charge in [0, 0.05) is 26.2 Å². The van der Waals surface area contributed by atoms with Crippen molar-refractivity contribution in [2.75, 3.05) is 38.3 Å². The number of ether oxygens (including phenoxy) is 4. The molecule has 2 heterocycles. The van der Waals surface area contributed by atoms with Crippen LogP contribution in [0.5, 0.6) is 11.5 Å². The van der Waals surface area contributed by atoms with Crippen LogP contribution in [0.15, 0.2) is 72.8 Å². The summed E-state index contributed by atoms with van der Waals surface area (Å²) in [7, 11) is 5.07. The number of phenolic OH excluding ortho intramolecular Hbond substituents is 1. The Hall–Kier alpha value is -3.90. The highest BCUT2D eigenvalue weighted by atomic mass is 28.2. The topological polar surface area (TPSA) is 107 Å². The van der Waals surface area contributed by atoms with Gasteiger partial charge in [0.2, 0.25) is 10.5 Å². The minimum atomic E-state index is -1.08. The monoisotopic (exact) mass is 729 g/mol. The van der Waals surface area contributed by atoms with Crippen molar-refractivity contribution in [3.05, 3.63) is 89.5 Å². The maximum Gasteiger partial charge on any atom is 0.410 e. The Labute approximate surface area is 311 Å². The molecule has 1 saturated heterocycles. The number of amides is 2. The molecule has 0 bridgehead atoms.